The molecular weight excluding hydrogens is 249 g/mol. The van der Waals surface area contributed by atoms with E-state index >= 15 is 0 Å². The summed E-state index contributed by atoms with van der Waals surface area (Å²) in [6, 6.07) is 2.27. The van der Waals surface area contributed by atoms with Gasteiger partial charge in [0.15, 0.2) is 5.69 Å². The number of halogens is 4. The Morgan fingerprint density at radius 1 is 1.23 bits per heavy atom. The van der Waals surface area contributed by atoms with Gasteiger partial charge in [-0.15, -0.1) is 5.10 Å². The van der Waals surface area contributed by atoms with Crippen molar-refractivity contribution in [2.24, 2.45) is 0 Å². The molecule has 2 nitrogen and oxygen atoms in total. The van der Waals surface area contributed by atoms with Crippen LogP contribution < -0.4 is 0 Å². The average molecular weight is 255 g/mol. The number of nitrogens with zero attached hydrogens (tertiary/aromatic N) is 2. The van der Waals surface area contributed by atoms with E-state index in [0.717, 1.165) is 6.07 Å². The highest BCUT2D eigenvalue weighted by molar-refractivity contribution is 9.09. The van der Waals surface area contributed by atoms with E-state index in [1.54, 1.807) is 0 Å². The molecule has 0 bridgehead atoms. The molecule has 6 heteroatoms. The van der Waals surface area contributed by atoms with Crippen LogP contribution in [-0.4, -0.2) is 15.5 Å². The number of alkyl halides is 4. The first kappa shape index (κ1) is 10.4. The van der Waals surface area contributed by atoms with E-state index in [9.17, 15) is 13.2 Å². The summed E-state index contributed by atoms with van der Waals surface area (Å²) >= 11 is 3.15. The molecule has 1 rings (SSSR count). The minimum atomic E-state index is -4.40. The van der Waals surface area contributed by atoms with Crippen molar-refractivity contribution in [2.75, 3.05) is 5.33 Å². The smallest absolute Gasteiger partial charge is 0.164 e. The predicted molar refractivity (Wildman–Crippen MR) is 44.5 cm³/mol. The molecule has 1 aromatic rings. The van der Waals surface area contributed by atoms with Crippen LogP contribution in [0, 0.1) is 0 Å². The Bertz CT molecular complexity index is 270. The van der Waals surface area contributed by atoms with Gasteiger partial charge in [0.25, 0.3) is 0 Å². The molecule has 0 radical (unpaired) electrons. The Balaban J connectivity index is 2.81. The summed E-state index contributed by atoms with van der Waals surface area (Å²) < 4.78 is 36.0. The van der Waals surface area contributed by atoms with Crippen molar-refractivity contribution >= 4 is 15.9 Å². The number of hydrogen-bond donors (Lipinski definition) is 0. The summed E-state index contributed by atoms with van der Waals surface area (Å²) in [7, 11) is 0. The first-order chi connectivity index (χ1) is 6.04. The maximum atomic E-state index is 12.0. The molecule has 13 heavy (non-hydrogen) atoms. The van der Waals surface area contributed by atoms with Gasteiger partial charge in [-0.1, -0.05) is 15.9 Å². The van der Waals surface area contributed by atoms with Crippen molar-refractivity contribution in [1.29, 1.82) is 0 Å². The molecule has 0 aliphatic rings. The Hall–Kier alpha value is -0.650. The summed E-state index contributed by atoms with van der Waals surface area (Å²) in [4.78, 5) is 0. The van der Waals surface area contributed by atoms with Crippen molar-refractivity contribution in [2.45, 2.75) is 12.6 Å². The fourth-order valence-corrected chi connectivity index (χ4v) is 1.15. The lowest BCUT2D eigenvalue weighted by atomic mass is 10.3. The van der Waals surface area contributed by atoms with E-state index in [4.69, 9.17) is 0 Å². The van der Waals surface area contributed by atoms with Gasteiger partial charge in [0, 0.05) is 11.8 Å². The molecule has 0 aliphatic carbocycles. The van der Waals surface area contributed by atoms with Gasteiger partial charge in [-0.25, -0.2) is 0 Å². The van der Waals surface area contributed by atoms with E-state index in [1.165, 1.54) is 6.07 Å². The second kappa shape index (κ2) is 4.04. The summed E-state index contributed by atoms with van der Waals surface area (Å²) in [6.07, 6.45) is -3.83. The highest BCUT2D eigenvalue weighted by Crippen LogP contribution is 2.26. The van der Waals surface area contributed by atoms with E-state index in [-0.39, 0.29) is 0 Å². The molecule has 0 aromatic carbocycles. The number of hydrogen-bond acceptors (Lipinski definition) is 2. The number of aromatic nitrogens is 2. The molecule has 0 fully saturated rings. The molecule has 0 spiro atoms. The minimum Gasteiger partial charge on any atom is -0.164 e. The molecule has 0 saturated carbocycles. The maximum absolute atomic E-state index is 12.0. The lowest BCUT2D eigenvalue weighted by Crippen LogP contribution is -2.09. The largest absolute Gasteiger partial charge is 0.435 e. The third-order valence-electron chi connectivity index (χ3n) is 1.36. The van der Waals surface area contributed by atoms with Gasteiger partial charge in [-0.3, -0.25) is 0 Å². The molecule has 1 heterocycles. The van der Waals surface area contributed by atoms with E-state index in [2.05, 4.69) is 26.1 Å². The van der Waals surface area contributed by atoms with Crippen LogP contribution >= 0.6 is 15.9 Å². The van der Waals surface area contributed by atoms with Gasteiger partial charge < -0.3 is 0 Å². The van der Waals surface area contributed by atoms with Crippen LogP contribution in [0.1, 0.15) is 11.4 Å². The first-order valence-corrected chi connectivity index (χ1v) is 4.62. The van der Waals surface area contributed by atoms with Crippen LogP contribution in [0.4, 0.5) is 13.2 Å². The summed E-state index contributed by atoms with van der Waals surface area (Å²) in [5.74, 6) is 0. The average Bonchev–Trinajstić information content (AvgIpc) is 2.04. The zero-order chi connectivity index (χ0) is 9.90. The fourth-order valence-electron chi connectivity index (χ4n) is 0.741. The number of rotatable bonds is 2. The van der Waals surface area contributed by atoms with Crippen molar-refractivity contribution in [3.05, 3.63) is 23.5 Å². The Morgan fingerprint density at radius 3 is 2.31 bits per heavy atom. The van der Waals surface area contributed by atoms with Gasteiger partial charge in [0.2, 0.25) is 0 Å². The van der Waals surface area contributed by atoms with Gasteiger partial charge in [0.1, 0.15) is 0 Å². The molecule has 72 valence electrons. The van der Waals surface area contributed by atoms with E-state index in [1.807, 2.05) is 0 Å². The highest BCUT2D eigenvalue weighted by Gasteiger charge is 2.32. The summed E-state index contributed by atoms with van der Waals surface area (Å²) in [5.41, 5.74) is -0.407. The lowest BCUT2D eigenvalue weighted by Gasteiger charge is -2.04. The zero-order valence-corrected chi connectivity index (χ0v) is 8.06. The van der Waals surface area contributed by atoms with Crippen LogP contribution in [0.5, 0.6) is 0 Å². The SMILES string of the molecule is FC(F)(F)c1ccc(CCBr)nn1. The third-order valence-corrected chi connectivity index (χ3v) is 1.76. The fraction of sp³-hybridized carbons (Fsp3) is 0.429. The van der Waals surface area contributed by atoms with Crippen LogP contribution in [0.3, 0.4) is 0 Å². The standard InChI is InChI=1S/C7H6BrF3N2/c8-4-3-5-1-2-6(13-12-5)7(9,10)11/h1-2H,3-4H2. The van der Waals surface area contributed by atoms with E-state index < -0.39 is 11.9 Å². The molecule has 0 aliphatic heterocycles. The second-order valence-electron chi connectivity index (χ2n) is 2.35. The predicted octanol–water partition coefficient (Wildman–Crippen LogP) is 2.43. The molecule has 1 aromatic heterocycles. The van der Waals surface area contributed by atoms with Crippen molar-refractivity contribution in [1.82, 2.24) is 10.2 Å². The van der Waals surface area contributed by atoms with Gasteiger partial charge in [0.05, 0.1) is 5.69 Å². The maximum Gasteiger partial charge on any atom is 0.435 e. The van der Waals surface area contributed by atoms with Gasteiger partial charge in [-0.05, 0) is 12.1 Å². The Morgan fingerprint density at radius 2 is 1.92 bits per heavy atom. The van der Waals surface area contributed by atoms with Crippen LogP contribution in [0.2, 0.25) is 0 Å². The second-order valence-corrected chi connectivity index (χ2v) is 3.14. The normalized spacial score (nSPS) is 11.7. The topological polar surface area (TPSA) is 25.8 Å². The van der Waals surface area contributed by atoms with Crippen LogP contribution in [0.25, 0.3) is 0 Å². The highest BCUT2D eigenvalue weighted by atomic mass is 79.9. The molecule has 0 saturated heterocycles. The number of aryl methyl sites for hydroxylation is 1. The quantitative estimate of drug-likeness (QED) is 0.758. The summed E-state index contributed by atoms with van der Waals surface area (Å²) in [6.45, 7) is 0. The molecular formula is C7H6BrF3N2. The zero-order valence-electron chi connectivity index (χ0n) is 6.48. The van der Waals surface area contributed by atoms with Gasteiger partial charge >= 0.3 is 6.18 Å². The molecule has 0 N–H and O–H groups in total. The third kappa shape index (κ3) is 2.95. The van der Waals surface area contributed by atoms with Crippen LogP contribution in [0.15, 0.2) is 12.1 Å². The molecule has 0 atom stereocenters. The van der Waals surface area contributed by atoms with Crippen molar-refractivity contribution in [3.63, 3.8) is 0 Å². The Labute approximate surface area is 81.3 Å². The minimum absolute atomic E-state index is 0.546. The lowest BCUT2D eigenvalue weighted by molar-refractivity contribution is -0.141. The summed E-state index contributed by atoms with van der Waals surface area (Å²) in [5, 5.41) is 7.17. The molecule has 0 amide bonds. The Kier molecular flexibility index (Phi) is 3.24. The van der Waals surface area contributed by atoms with Gasteiger partial charge in [-0.2, -0.15) is 18.3 Å². The van der Waals surface area contributed by atoms with Crippen LogP contribution in [-0.2, 0) is 12.6 Å². The molecule has 0 unspecified atom stereocenters. The monoisotopic (exact) mass is 254 g/mol. The van der Waals surface area contributed by atoms with Crippen molar-refractivity contribution < 1.29 is 13.2 Å². The first-order valence-electron chi connectivity index (χ1n) is 3.50. The van der Waals surface area contributed by atoms with E-state index in [0.29, 0.717) is 17.4 Å². The van der Waals surface area contributed by atoms with Crippen molar-refractivity contribution in [3.8, 4) is 0 Å².